The minimum absolute atomic E-state index is 0.00880. The van der Waals surface area contributed by atoms with E-state index in [1.165, 1.54) is 12.3 Å². The van der Waals surface area contributed by atoms with Gasteiger partial charge in [-0.05, 0) is 24.8 Å². The minimum atomic E-state index is -0.446. The molecule has 1 unspecified atom stereocenters. The van der Waals surface area contributed by atoms with Gasteiger partial charge in [0.1, 0.15) is 0 Å². The number of nitrogens with one attached hydrogen (secondary N) is 1. The summed E-state index contributed by atoms with van der Waals surface area (Å²) in [5, 5.41) is 13.6. The van der Waals surface area contributed by atoms with Crippen LogP contribution in [-0.2, 0) is 0 Å². The van der Waals surface area contributed by atoms with Crippen molar-refractivity contribution in [2.75, 3.05) is 11.9 Å². The number of anilines is 1. The first-order chi connectivity index (χ1) is 7.68. The van der Waals surface area contributed by atoms with Gasteiger partial charge in [0, 0.05) is 24.8 Å². The van der Waals surface area contributed by atoms with Crippen molar-refractivity contribution < 1.29 is 4.92 Å². The highest BCUT2D eigenvalue weighted by atomic mass is 16.6. The van der Waals surface area contributed by atoms with Crippen LogP contribution in [-0.4, -0.2) is 22.5 Å². The zero-order valence-electron chi connectivity index (χ0n) is 8.80. The van der Waals surface area contributed by atoms with E-state index in [0.29, 0.717) is 18.3 Å². The first-order valence-corrected chi connectivity index (χ1v) is 5.27. The molecular weight excluding hydrogens is 208 g/mol. The third-order valence-corrected chi connectivity index (χ3v) is 2.72. The molecule has 1 aliphatic rings. The molecule has 0 amide bonds. The molecule has 1 atom stereocenters. The number of nitrogens with zero attached hydrogens (tertiary/aromatic N) is 2. The number of rotatable bonds is 5. The van der Waals surface area contributed by atoms with Crippen LogP contribution >= 0.6 is 0 Å². The fourth-order valence-corrected chi connectivity index (χ4v) is 1.59. The van der Waals surface area contributed by atoms with Gasteiger partial charge in [-0.3, -0.25) is 10.1 Å². The van der Waals surface area contributed by atoms with Crippen LogP contribution < -0.4 is 11.1 Å². The first-order valence-electron chi connectivity index (χ1n) is 5.27. The standard InChI is InChI=1S/C10H14N4O2/c11-8(7-3-4-7)6-13-10-9(14(15)16)2-1-5-12-10/h1-2,5,7-8H,3-4,6,11H2,(H,12,13). The molecule has 1 aromatic heterocycles. The zero-order chi connectivity index (χ0) is 11.5. The number of aromatic nitrogens is 1. The molecule has 0 aliphatic heterocycles. The van der Waals surface area contributed by atoms with E-state index in [0.717, 1.165) is 12.8 Å². The highest BCUT2D eigenvalue weighted by Crippen LogP contribution is 2.31. The second kappa shape index (κ2) is 4.44. The first kappa shape index (κ1) is 10.8. The number of nitrogens with two attached hydrogens (primary N) is 1. The summed E-state index contributed by atoms with van der Waals surface area (Å²) >= 11 is 0. The molecule has 6 heteroatoms. The van der Waals surface area contributed by atoms with Crippen LogP contribution in [0.5, 0.6) is 0 Å². The molecule has 1 heterocycles. The van der Waals surface area contributed by atoms with Crippen LogP contribution in [0.2, 0.25) is 0 Å². The Bertz CT molecular complexity index is 392. The molecule has 6 nitrogen and oxygen atoms in total. The van der Waals surface area contributed by atoms with Crippen molar-refractivity contribution in [1.29, 1.82) is 0 Å². The fourth-order valence-electron chi connectivity index (χ4n) is 1.59. The van der Waals surface area contributed by atoms with Gasteiger partial charge in [-0.15, -0.1) is 0 Å². The Kier molecular flexibility index (Phi) is 3.00. The topological polar surface area (TPSA) is 94.1 Å². The third-order valence-electron chi connectivity index (χ3n) is 2.72. The van der Waals surface area contributed by atoms with Gasteiger partial charge in [0.05, 0.1) is 4.92 Å². The monoisotopic (exact) mass is 222 g/mol. The molecule has 1 aromatic rings. The summed E-state index contributed by atoms with van der Waals surface area (Å²) in [5.74, 6) is 0.860. The maximum atomic E-state index is 10.7. The summed E-state index contributed by atoms with van der Waals surface area (Å²) < 4.78 is 0. The van der Waals surface area contributed by atoms with E-state index >= 15 is 0 Å². The SMILES string of the molecule is NC(CNc1ncccc1[N+](=O)[O-])C1CC1. The maximum absolute atomic E-state index is 10.7. The van der Waals surface area contributed by atoms with E-state index < -0.39 is 4.92 Å². The van der Waals surface area contributed by atoms with E-state index in [1.807, 2.05) is 0 Å². The van der Waals surface area contributed by atoms with Crippen molar-refractivity contribution in [3.8, 4) is 0 Å². The van der Waals surface area contributed by atoms with Gasteiger partial charge in [-0.1, -0.05) is 0 Å². The van der Waals surface area contributed by atoms with Crippen molar-refractivity contribution in [2.24, 2.45) is 11.7 Å². The zero-order valence-corrected chi connectivity index (χ0v) is 8.80. The highest BCUT2D eigenvalue weighted by Gasteiger charge is 2.28. The molecule has 0 aromatic carbocycles. The van der Waals surface area contributed by atoms with Gasteiger partial charge in [-0.2, -0.15) is 0 Å². The molecule has 0 bridgehead atoms. The Labute approximate surface area is 93.0 Å². The summed E-state index contributed by atoms with van der Waals surface area (Å²) in [5.41, 5.74) is 5.88. The van der Waals surface area contributed by atoms with Crippen molar-refractivity contribution in [3.63, 3.8) is 0 Å². The molecule has 0 saturated heterocycles. The fraction of sp³-hybridized carbons (Fsp3) is 0.500. The molecule has 86 valence electrons. The van der Waals surface area contributed by atoms with Crippen LogP contribution in [0.25, 0.3) is 0 Å². The van der Waals surface area contributed by atoms with Gasteiger partial charge in [0.2, 0.25) is 5.82 Å². The molecule has 2 rings (SSSR count). The summed E-state index contributed by atoms with van der Waals surface area (Å²) in [6, 6.07) is 3.03. The summed E-state index contributed by atoms with van der Waals surface area (Å²) in [6.07, 6.45) is 3.85. The Morgan fingerprint density at radius 3 is 3.06 bits per heavy atom. The van der Waals surface area contributed by atoms with Gasteiger partial charge < -0.3 is 11.1 Å². The smallest absolute Gasteiger partial charge is 0.311 e. The lowest BCUT2D eigenvalue weighted by Gasteiger charge is -2.11. The van der Waals surface area contributed by atoms with Crippen LogP contribution in [0.1, 0.15) is 12.8 Å². The lowest BCUT2D eigenvalue weighted by molar-refractivity contribution is -0.384. The highest BCUT2D eigenvalue weighted by molar-refractivity contribution is 5.55. The number of nitro groups is 1. The predicted molar refractivity (Wildman–Crippen MR) is 60.1 cm³/mol. The van der Waals surface area contributed by atoms with Gasteiger partial charge in [0.15, 0.2) is 0 Å². The largest absolute Gasteiger partial charge is 0.363 e. The van der Waals surface area contributed by atoms with Crippen LogP contribution in [0.3, 0.4) is 0 Å². The summed E-state index contributed by atoms with van der Waals surface area (Å²) in [4.78, 5) is 14.2. The number of hydrogen-bond donors (Lipinski definition) is 2. The van der Waals surface area contributed by atoms with Crippen LogP contribution in [0.4, 0.5) is 11.5 Å². The van der Waals surface area contributed by atoms with E-state index in [1.54, 1.807) is 6.07 Å². The Morgan fingerprint density at radius 1 is 1.69 bits per heavy atom. The molecule has 1 saturated carbocycles. The van der Waals surface area contributed by atoms with Crippen molar-refractivity contribution in [2.45, 2.75) is 18.9 Å². The number of hydrogen-bond acceptors (Lipinski definition) is 5. The van der Waals surface area contributed by atoms with E-state index in [-0.39, 0.29) is 11.7 Å². The second-order valence-corrected chi connectivity index (χ2v) is 4.01. The van der Waals surface area contributed by atoms with Gasteiger partial charge in [0.25, 0.3) is 0 Å². The number of pyridine rings is 1. The molecule has 1 fully saturated rings. The lowest BCUT2D eigenvalue weighted by atomic mass is 10.2. The normalized spacial score (nSPS) is 16.8. The lowest BCUT2D eigenvalue weighted by Crippen LogP contribution is -2.31. The summed E-state index contributed by atoms with van der Waals surface area (Å²) in [6.45, 7) is 0.530. The second-order valence-electron chi connectivity index (χ2n) is 4.01. The van der Waals surface area contributed by atoms with Crippen LogP contribution in [0.15, 0.2) is 18.3 Å². The van der Waals surface area contributed by atoms with Crippen molar-refractivity contribution >= 4 is 11.5 Å². The average molecular weight is 222 g/mol. The van der Waals surface area contributed by atoms with E-state index in [9.17, 15) is 10.1 Å². The molecular formula is C10H14N4O2. The third kappa shape index (κ3) is 2.46. The molecule has 16 heavy (non-hydrogen) atoms. The average Bonchev–Trinajstić information content (AvgIpc) is 3.10. The van der Waals surface area contributed by atoms with Crippen molar-refractivity contribution in [3.05, 3.63) is 28.4 Å². The molecule has 0 spiro atoms. The van der Waals surface area contributed by atoms with Crippen LogP contribution in [0, 0.1) is 16.0 Å². The quantitative estimate of drug-likeness (QED) is 0.575. The minimum Gasteiger partial charge on any atom is -0.363 e. The Hall–Kier alpha value is -1.69. The summed E-state index contributed by atoms with van der Waals surface area (Å²) in [7, 11) is 0. The van der Waals surface area contributed by atoms with Gasteiger partial charge in [-0.25, -0.2) is 4.98 Å². The molecule has 0 radical (unpaired) electrons. The van der Waals surface area contributed by atoms with E-state index in [4.69, 9.17) is 5.73 Å². The predicted octanol–water partition coefficient (Wildman–Crippen LogP) is 1.14. The van der Waals surface area contributed by atoms with E-state index in [2.05, 4.69) is 10.3 Å². The molecule has 3 N–H and O–H groups in total. The molecule has 1 aliphatic carbocycles. The Morgan fingerprint density at radius 2 is 2.44 bits per heavy atom. The van der Waals surface area contributed by atoms with Gasteiger partial charge >= 0.3 is 5.69 Å². The van der Waals surface area contributed by atoms with Crippen molar-refractivity contribution in [1.82, 2.24) is 4.98 Å². The Balaban J connectivity index is 1.99. The maximum Gasteiger partial charge on any atom is 0.311 e.